The highest BCUT2D eigenvalue weighted by atomic mass is 127. The van der Waals surface area contributed by atoms with E-state index in [-0.39, 0.29) is 5.82 Å². The monoisotopic (exact) mass is 379 g/mol. The Bertz CT molecular complexity index is 772. The van der Waals surface area contributed by atoms with E-state index in [0.717, 1.165) is 25.9 Å². The van der Waals surface area contributed by atoms with Gasteiger partial charge in [0.25, 0.3) is 0 Å². The molecule has 3 rings (SSSR count). The topological polar surface area (TPSA) is 51.8 Å². The normalized spacial score (nSPS) is 10.9. The van der Waals surface area contributed by atoms with E-state index in [1.54, 1.807) is 18.3 Å². The number of fused-ring (bicyclic) bond motifs is 1. The molecule has 3 aromatic rings. The lowest BCUT2D eigenvalue weighted by atomic mass is 10.1. The first kappa shape index (κ1) is 13.2. The number of nitrogens with zero attached hydrogens (tertiary/aromatic N) is 2. The highest BCUT2D eigenvalue weighted by Gasteiger charge is 2.06. The fourth-order valence-electron chi connectivity index (χ4n) is 2.00. The van der Waals surface area contributed by atoms with E-state index < -0.39 is 0 Å². The van der Waals surface area contributed by atoms with Gasteiger partial charge in [-0.2, -0.15) is 0 Å². The second kappa shape index (κ2) is 5.32. The van der Waals surface area contributed by atoms with E-state index in [1.807, 2.05) is 12.1 Å². The van der Waals surface area contributed by atoms with Crippen molar-refractivity contribution in [3.05, 3.63) is 63.2 Å². The molecule has 0 fully saturated rings. The number of hydrogen-bond donors (Lipinski definition) is 1. The van der Waals surface area contributed by atoms with E-state index in [2.05, 4.69) is 32.6 Å². The van der Waals surface area contributed by atoms with Gasteiger partial charge in [-0.25, -0.2) is 9.37 Å². The first-order valence-electron chi connectivity index (χ1n) is 6.07. The van der Waals surface area contributed by atoms with Crippen molar-refractivity contribution in [1.29, 1.82) is 0 Å². The van der Waals surface area contributed by atoms with Gasteiger partial charge in [-0.15, -0.1) is 0 Å². The molecule has 1 aromatic heterocycles. The van der Waals surface area contributed by atoms with Gasteiger partial charge < -0.3 is 5.73 Å². The minimum Gasteiger partial charge on any atom is -0.398 e. The summed E-state index contributed by atoms with van der Waals surface area (Å²) >= 11 is 2.17. The quantitative estimate of drug-likeness (QED) is 0.548. The Hall–Kier alpha value is -1.76. The van der Waals surface area contributed by atoms with Crippen LogP contribution in [0.1, 0.15) is 11.3 Å². The molecule has 5 heteroatoms. The van der Waals surface area contributed by atoms with Crippen molar-refractivity contribution < 1.29 is 4.39 Å². The Morgan fingerprint density at radius 1 is 1.10 bits per heavy atom. The third-order valence-corrected chi connectivity index (χ3v) is 4.16. The molecule has 0 saturated heterocycles. The Balaban J connectivity index is 1.97. The van der Waals surface area contributed by atoms with E-state index >= 15 is 0 Å². The minimum atomic E-state index is -0.233. The summed E-state index contributed by atoms with van der Waals surface area (Å²) in [7, 11) is 0. The van der Waals surface area contributed by atoms with Crippen molar-refractivity contribution in [3.8, 4) is 0 Å². The molecule has 0 aliphatic heterocycles. The van der Waals surface area contributed by atoms with Gasteiger partial charge in [0.15, 0.2) is 0 Å². The van der Waals surface area contributed by atoms with Gasteiger partial charge in [0.1, 0.15) is 11.3 Å². The smallest absolute Gasteiger partial charge is 0.123 e. The number of nitrogens with two attached hydrogens (primary N) is 1. The Morgan fingerprint density at radius 2 is 1.85 bits per heavy atom. The zero-order chi connectivity index (χ0) is 14.1. The molecule has 0 radical (unpaired) electrons. The molecular formula is C15H11FIN3. The summed E-state index contributed by atoms with van der Waals surface area (Å²) in [6.45, 7) is 0. The van der Waals surface area contributed by atoms with Crippen LogP contribution in [0.25, 0.3) is 11.0 Å². The van der Waals surface area contributed by atoms with Gasteiger partial charge in [-0.1, -0.05) is 12.1 Å². The van der Waals surface area contributed by atoms with Crippen molar-refractivity contribution >= 4 is 39.3 Å². The van der Waals surface area contributed by atoms with Crippen LogP contribution in [0.15, 0.2) is 42.6 Å². The molecule has 0 bridgehead atoms. The van der Waals surface area contributed by atoms with E-state index in [4.69, 9.17) is 5.73 Å². The number of nitrogen functional groups attached to an aromatic ring is 1. The number of anilines is 1. The predicted molar refractivity (Wildman–Crippen MR) is 85.9 cm³/mol. The Morgan fingerprint density at radius 3 is 2.60 bits per heavy atom. The molecule has 0 atom stereocenters. The first-order valence-corrected chi connectivity index (χ1v) is 7.15. The van der Waals surface area contributed by atoms with E-state index in [0.29, 0.717) is 12.1 Å². The standard InChI is InChI=1S/C15H11FIN3/c16-10-3-1-9(2-4-10)7-11-8-19-15-13(20-11)6-5-12(18)14(15)17/h1-6,8H,7,18H2. The van der Waals surface area contributed by atoms with Crippen molar-refractivity contribution in [2.24, 2.45) is 0 Å². The molecule has 2 aromatic carbocycles. The van der Waals surface area contributed by atoms with Crippen LogP contribution in [0, 0.1) is 9.39 Å². The third kappa shape index (κ3) is 2.58. The molecule has 0 unspecified atom stereocenters. The second-order valence-electron chi connectivity index (χ2n) is 4.50. The highest BCUT2D eigenvalue weighted by molar-refractivity contribution is 14.1. The molecule has 0 aliphatic carbocycles. The maximum Gasteiger partial charge on any atom is 0.123 e. The number of hydrogen-bond acceptors (Lipinski definition) is 3. The number of benzene rings is 2. The van der Waals surface area contributed by atoms with Gasteiger partial charge in [0.05, 0.1) is 14.8 Å². The van der Waals surface area contributed by atoms with E-state index in [1.165, 1.54) is 12.1 Å². The summed E-state index contributed by atoms with van der Waals surface area (Å²) in [4.78, 5) is 9.01. The maximum atomic E-state index is 12.9. The van der Waals surface area contributed by atoms with Crippen LogP contribution in [0.2, 0.25) is 0 Å². The van der Waals surface area contributed by atoms with Crippen molar-refractivity contribution in [1.82, 2.24) is 9.97 Å². The van der Waals surface area contributed by atoms with Crippen molar-refractivity contribution in [2.75, 3.05) is 5.73 Å². The average molecular weight is 379 g/mol. The number of aromatic nitrogens is 2. The largest absolute Gasteiger partial charge is 0.398 e. The molecule has 20 heavy (non-hydrogen) atoms. The van der Waals surface area contributed by atoms with Crippen LogP contribution in [0.5, 0.6) is 0 Å². The molecule has 100 valence electrons. The summed E-state index contributed by atoms with van der Waals surface area (Å²) in [5, 5.41) is 0. The zero-order valence-corrected chi connectivity index (χ0v) is 12.6. The van der Waals surface area contributed by atoms with Gasteiger partial charge in [0, 0.05) is 18.3 Å². The molecule has 1 heterocycles. The summed E-state index contributed by atoms with van der Waals surface area (Å²) in [5.41, 5.74) is 10.1. The minimum absolute atomic E-state index is 0.233. The van der Waals surface area contributed by atoms with Crippen LogP contribution in [0.3, 0.4) is 0 Å². The lowest BCUT2D eigenvalue weighted by molar-refractivity contribution is 0.627. The van der Waals surface area contributed by atoms with Crippen LogP contribution < -0.4 is 5.73 Å². The average Bonchev–Trinajstić information content (AvgIpc) is 2.46. The van der Waals surface area contributed by atoms with Crippen LogP contribution >= 0.6 is 22.6 Å². The van der Waals surface area contributed by atoms with Crippen LogP contribution in [-0.2, 0) is 6.42 Å². The Kier molecular flexibility index (Phi) is 3.52. The zero-order valence-electron chi connectivity index (χ0n) is 10.5. The highest BCUT2D eigenvalue weighted by Crippen LogP contribution is 2.23. The molecule has 3 nitrogen and oxygen atoms in total. The summed E-state index contributed by atoms with van der Waals surface area (Å²) in [5.74, 6) is -0.233. The lowest BCUT2D eigenvalue weighted by Crippen LogP contribution is -1.98. The van der Waals surface area contributed by atoms with Crippen LogP contribution in [-0.4, -0.2) is 9.97 Å². The molecule has 0 aliphatic rings. The number of halogens is 2. The van der Waals surface area contributed by atoms with Gasteiger partial charge in [-0.3, -0.25) is 4.98 Å². The van der Waals surface area contributed by atoms with Crippen LogP contribution in [0.4, 0.5) is 10.1 Å². The number of rotatable bonds is 2. The van der Waals surface area contributed by atoms with Crippen molar-refractivity contribution in [3.63, 3.8) is 0 Å². The summed E-state index contributed by atoms with van der Waals surface area (Å²) in [6.07, 6.45) is 2.37. The fourth-order valence-corrected chi connectivity index (χ4v) is 2.60. The van der Waals surface area contributed by atoms with E-state index in [9.17, 15) is 4.39 Å². The summed E-state index contributed by atoms with van der Waals surface area (Å²) < 4.78 is 13.8. The molecule has 0 spiro atoms. The first-order chi connectivity index (χ1) is 9.63. The SMILES string of the molecule is Nc1ccc2nc(Cc3ccc(F)cc3)cnc2c1I. The fraction of sp³-hybridized carbons (Fsp3) is 0.0667. The molecule has 2 N–H and O–H groups in total. The lowest BCUT2D eigenvalue weighted by Gasteiger charge is -2.05. The molecular weight excluding hydrogens is 368 g/mol. The van der Waals surface area contributed by atoms with Gasteiger partial charge in [-0.05, 0) is 52.4 Å². The Labute approximate surface area is 129 Å². The predicted octanol–water partition coefficient (Wildman–Crippen LogP) is 3.55. The molecule has 0 saturated carbocycles. The maximum absolute atomic E-state index is 12.9. The molecule has 0 amide bonds. The van der Waals surface area contributed by atoms with Gasteiger partial charge in [0.2, 0.25) is 0 Å². The van der Waals surface area contributed by atoms with Crippen molar-refractivity contribution in [2.45, 2.75) is 6.42 Å². The third-order valence-electron chi connectivity index (χ3n) is 3.03. The summed E-state index contributed by atoms with van der Waals surface area (Å²) in [6, 6.07) is 10.1. The van der Waals surface area contributed by atoms with Gasteiger partial charge >= 0.3 is 0 Å². The second-order valence-corrected chi connectivity index (χ2v) is 5.58.